The van der Waals surface area contributed by atoms with Crippen LogP contribution in [-0.2, 0) is 6.18 Å². The minimum atomic E-state index is -4.39. The van der Waals surface area contributed by atoms with Gasteiger partial charge in [0.15, 0.2) is 0 Å². The van der Waals surface area contributed by atoms with E-state index < -0.39 is 11.7 Å². The van der Waals surface area contributed by atoms with Gasteiger partial charge in [-0.2, -0.15) is 13.2 Å². The Morgan fingerprint density at radius 2 is 1.96 bits per heavy atom. The molecule has 0 aliphatic carbocycles. The van der Waals surface area contributed by atoms with Crippen molar-refractivity contribution in [2.75, 3.05) is 18.0 Å². The Morgan fingerprint density at radius 3 is 2.61 bits per heavy atom. The van der Waals surface area contributed by atoms with E-state index in [1.54, 1.807) is 23.1 Å². The molecule has 1 N–H and O–H groups in total. The molecule has 1 saturated heterocycles. The molecule has 8 heteroatoms. The van der Waals surface area contributed by atoms with Crippen molar-refractivity contribution in [1.82, 2.24) is 15.3 Å². The van der Waals surface area contributed by atoms with Crippen LogP contribution >= 0.6 is 0 Å². The van der Waals surface area contributed by atoms with E-state index in [4.69, 9.17) is 0 Å². The van der Waals surface area contributed by atoms with Crippen LogP contribution in [0.3, 0.4) is 0 Å². The Kier molecular flexibility index (Phi) is 3.89. The number of hydrogen-bond donors (Lipinski definition) is 1. The SMILES string of the molecule is O=C(NC1CN(c2cc(C(F)(F)F)ccn2)C1)c1ccccn1. The molecule has 0 saturated carbocycles. The van der Waals surface area contributed by atoms with Gasteiger partial charge in [-0.25, -0.2) is 4.98 Å². The van der Waals surface area contributed by atoms with Crippen molar-refractivity contribution in [2.45, 2.75) is 12.2 Å². The van der Waals surface area contributed by atoms with E-state index >= 15 is 0 Å². The fraction of sp³-hybridized carbons (Fsp3) is 0.267. The number of hydrogen-bond acceptors (Lipinski definition) is 4. The average molecular weight is 322 g/mol. The van der Waals surface area contributed by atoms with Crippen LogP contribution < -0.4 is 10.2 Å². The van der Waals surface area contributed by atoms with Crippen molar-refractivity contribution in [3.05, 3.63) is 54.0 Å². The molecule has 2 aromatic heterocycles. The average Bonchev–Trinajstić information content (AvgIpc) is 2.50. The maximum absolute atomic E-state index is 12.7. The lowest BCUT2D eigenvalue weighted by molar-refractivity contribution is -0.137. The molecule has 0 radical (unpaired) electrons. The summed E-state index contributed by atoms with van der Waals surface area (Å²) < 4.78 is 38.0. The standard InChI is InChI=1S/C15H13F3N4O/c16-15(17,18)10-4-6-20-13(7-10)22-8-11(9-22)21-14(23)12-3-1-2-5-19-12/h1-7,11H,8-9H2,(H,21,23). The normalized spacial score (nSPS) is 15.2. The molecule has 120 valence electrons. The molecule has 23 heavy (non-hydrogen) atoms. The van der Waals surface area contributed by atoms with Crippen LogP contribution in [0, 0.1) is 0 Å². The lowest BCUT2D eigenvalue weighted by Gasteiger charge is -2.40. The highest BCUT2D eigenvalue weighted by atomic mass is 19.4. The van der Waals surface area contributed by atoms with Crippen molar-refractivity contribution in [3.63, 3.8) is 0 Å². The van der Waals surface area contributed by atoms with Crippen molar-refractivity contribution in [2.24, 2.45) is 0 Å². The fourth-order valence-electron chi connectivity index (χ4n) is 2.28. The molecule has 0 spiro atoms. The molecule has 3 rings (SSSR count). The smallest absolute Gasteiger partial charge is 0.352 e. The lowest BCUT2D eigenvalue weighted by atomic mass is 10.1. The summed E-state index contributed by atoms with van der Waals surface area (Å²) in [5, 5.41) is 2.78. The Bertz CT molecular complexity index is 699. The molecule has 1 fully saturated rings. The van der Waals surface area contributed by atoms with Gasteiger partial charge < -0.3 is 10.2 Å². The predicted octanol–water partition coefficient (Wildman–Crippen LogP) is 2.11. The van der Waals surface area contributed by atoms with E-state index in [1.165, 1.54) is 6.20 Å². The molecule has 0 bridgehead atoms. The fourth-order valence-corrected chi connectivity index (χ4v) is 2.28. The second kappa shape index (κ2) is 5.86. The van der Waals surface area contributed by atoms with E-state index in [-0.39, 0.29) is 17.8 Å². The van der Waals surface area contributed by atoms with Crippen molar-refractivity contribution >= 4 is 11.7 Å². The zero-order valence-corrected chi connectivity index (χ0v) is 11.9. The van der Waals surface area contributed by atoms with Gasteiger partial charge in [0.05, 0.1) is 11.6 Å². The maximum atomic E-state index is 12.7. The Labute approximate surface area is 130 Å². The molecule has 3 heterocycles. The summed E-state index contributed by atoms with van der Waals surface area (Å²) in [6, 6.07) is 6.82. The Balaban J connectivity index is 1.58. The quantitative estimate of drug-likeness (QED) is 0.940. The Morgan fingerprint density at radius 1 is 1.17 bits per heavy atom. The third kappa shape index (κ3) is 3.41. The van der Waals surface area contributed by atoms with Crippen LogP contribution in [0.4, 0.5) is 19.0 Å². The zero-order valence-electron chi connectivity index (χ0n) is 11.9. The maximum Gasteiger partial charge on any atom is 0.416 e. The highest BCUT2D eigenvalue weighted by Gasteiger charge is 2.34. The minimum Gasteiger partial charge on any atom is -0.352 e. The van der Waals surface area contributed by atoms with Gasteiger partial charge in [-0.15, -0.1) is 0 Å². The molecule has 5 nitrogen and oxygen atoms in total. The molecule has 1 aliphatic heterocycles. The van der Waals surface area contributed by atoms with E-state index in [9.17, 15) is 18.0 Å². The topological polar surface area (TPSA) is 58.1 Å². The van der Waals surface area contributed by atoms with Gasteiger partial charge in [-0.1, -0.05) is 6.07 Å². The summed E-state index contributed by atoms with van der Waals surface area (Å²) in [6.07, 6.45) is -1.73. The van der Waals surface area contributed by atoms with Gasteiger partial charge in [0, 0.05) is 25.5 Å². The van der Waals surface area contributed by atoms with E-state index in [2.05, 4.69) is 15.3 Å². The minimum absolute atomic E-state index is 0.138. The van der Waals surface area contributed by atoms with Crippen LogP contribution in [0.15, 0.2) is 42.7 Å². The highest BCUT2D eigenvalue weighted by molar-refractivity contribution is 5.92. The van der Waals surface area contributed by atoms with Crippen LogP contribution in [-0.4, -0.2) is 35.0 Å². The number of halogens is 3. The molecule has 0 aromatic carbocycles. The van der Waals surface area contributed by atoms with Crippen LogP contribution in [0.5, 0.6) is 0 Å². The van der Waals surface area contributed by atoms with Crippen LogP contribution in [0.25, 0.3) is 0 Å². The number of nitrogens with zero attached hydrogens (tertiary/aromatic N) is 3. The largest absolute Gasteiger partial charge is 0.416 e. The number of rotatable bonds is 3. The number of anilines is 1. The highest BCUT2D eigenvalue weighted by Crippen LogP contribution is 2.31. The molecule has 1 aliphatic rings. The first-order valence-electron chi connectivity index (χ1n) is 6.93. The molecule has 1 amide bonds. The summed E-state index contributed by atoms with van der Waals surface area (Å²) in [5.41, 5.74) is -0.424. The monoisotopic (exact) mass is 322 g/mol. The summed E-state index contributed by atoms with van der Waals surface area (Å²) in [5.74, 6) is -0.0459. The first-order valence-corrected chi connectivity index (χ1v) is 6.93. The second-order valence-corrected chi connectivity index (χ2v) is 5.19. The van der Waals surface area contributed by atoms with Crippen LogP contribution in [0.2, 0.25) is 0 Å². The van der Waals surface area contributed by atoms with Gasteiger partial charge in [0.1, 0.15) is 11.5 Å². The number of amides is 1. The zero-order chi connectivity index (χ0) is 16.4. The third-order valence-electron chi connectivity index (χ3n) is 3.51. The van der Waals surface area contributed by atoms with Gasteiger partial charge in [-0.05, 0) is 24.3 Å². The number of alkyl halides is 3. The van der Waals surface area contributed by atoms with Gasteiger partial charge in [0.25, 0.3) is 5.91 Å². The van der Waals surface area contributed by atoms with E-state index in [0.29, 0.717) is 18.8 Å². The summed E-state index contributed by atoms with van der Waals surface area (Å²) in [4.78, 5) is 21.5. The van der Waals surface area contributed by atoms with E-state index in [1.807, 2.05) is 0 Å². The third-order valence-corrected chi connectivity index (χ3v) is 3.51. The first kappa shape index (κ1) is 15.3. The number of pyridine rings is 2. The predicted molar refractivity (Wildman–Crippen MR) is 76.9 cm³/mol. The van der Waals surface area contributed by atoms with Gasteiger partial charge in [0.2, 0.25) is 0 Å². The van der Waals surface area contributed by atoms with Crippen LogP contribution in [0.1, 0.15) is 16.1 Å². The molecule has 0 atom stereocenters. The first-order chi connectivity index (χ1) is 10.9. The molecular formula is C15H13F3N4O. The number of aromatic nitrogens is 2. The summed E-state index contributed by atoms with van der Waals surface area (Å²) in [6.45, 7) is 0.819. The lowest BCUT2D eigenvalue weighted by Crippen LogP contribution is -2.59. The molecular weight excluding hydrogens is 309 g/mol. The van der Waals surface area contributed by atoms with Gasteiger partial charge in [-0.3, -0.25) is 9.78 Å². The molecule has 2 aromatic rings. The second-order valence-electron chi connectivity index (χ2n) is 5.19. The Hall–Kier alpha value is -2.64. The number of carbonyl (C=O) groups is 1. The summed E-state index contributed by atoms with van der Waals surface area (Å²) >= 11 is 0. The number of carbonyl (C=O) groups excluding carboxylic acids is 1. The van der Waals surface area contributed by atoms with Crippen molar-refractivity contribution < 1.29 is 18.0 Å². The summed E-state index contributed by atoms with van der Waals surface area (Å²) in [7, 11) is 0. The van der Waals surface area contributed by atoms with Crippen molar-refractivity contribution in [1.29, 1.82) is 0 Å². The van der Waals surface area contributed by atoms with Gasteiger partial charge >= 0.3 is 6.18 Å². The van der Waals surface area contributed by atoms with E-state index in [0.717, 1.165) is 18.3 Å². The van der Waals surface area contributed by atoms with Crippen molar-refractivity contribution in [3.8, 4) is 0 Å². The molecule has 0 unspecified atom stereocenters. The number of nitrogens with one attached hydrogen (secondary N) is 1.